The summed E-state index contributed by atoms with van der Waals surface area (Å²) in [5.74, 6) is 0.892. The number of likely N-dealkylation sites (N-methyl/N-ethyl adjacent to an activating group) is 1. The van der Waals surface area contributed by atoms with Gasteiger partial charge in [0.05, 0.1) is 13.1 Å². The quantitative estimate of drug-likeness (QED) is 0.765. The second-order valence-electron chi connectivity index (χ2n) is 3.98. The van der Waals surface area contributed by atoms with Gasteiger partial charge in [0.2, 0.25) is 0 Å². The predicted molar refractivity (Wildman–Crippen MR) is 58.5 cm³/mol. The lowest BCUT2D eigenvalue weighted by Crippen LogP contribution is -2.35. The number of hydrogen-bond donors (Lipinski definition) is 1. The van der Waals surface area contributed by atoms with E-state index >= 15 is 0 Å². The zero-order chi connectivity index (χ0) is 12.9. The molecule has 0 aromatic carbocycles. The van der Waals surface area contributed by atoms with Crippen LogP contribution < -0.4 is 5.32 Å². The Bertz CT molecular complexity index is 335. The Balaban J connectivity index is 2.18. The van der Waals surface area contributed by atoms with Crippen molar-refractivity contribution in [1.82, 2.24) is 19.8 Å². The number of nitrogens with zero attached hydrogens (tertiary/aromatic N) is 3. The smallest absolute Gasteiger partial charge is 0.337 e. The first-order chi connectivity index (χ1) is 7.88. The first-order valence-electron chi connectivity index (χ1n) is 5.30. The van der Waals surface area contributed by atoms with Crippen molar-refractivity contribution in [2.75, 3.05) is 26.7 Å². The van der Waals surface area contributed by atoms with Crippen LogP contribution in [0.1, 0.15) is 5.82 Å². The Morgan fingerprint density at radius 3 is 2.71 bits per heavy atom. The molecule has 0 aliphatic heterocycles. The van der Waals surface area contributed by atoms with Gasteiger partial charge in [0, 0.05) is 32.5 Å². The molecule has 1 N–H and O–H groups in total. The molecule has 1 aromatic heterocycles. The minimum atomic E-state index is -4.14. The lowest BCUT2D eigenvalue weighted by Gasteiger charge is -2.17. The molecule has 4 nitrogen and oxygen atoms in total. The summed E-state index contributed by atoms with van der Waals surface area (Å²) in [7, 11) is 3.74. The third-order valence-corrected chi connectivity index (χ3v) is 2.33. The highest BCUT2D eigenvalue weighted by molar-refractivity contribution is 4.90. The number of hydrogen-bond acceptors (Lipinski definition) is 3. The van der Waals surface area contributed by atoms with Crippen LogP contribution in [-0.2, 0) is 13.6 Å². The van der Waals surface area contributed by atoms with Crippen LogP contribution in [0.3, 0.4) is 0 Å². The molecule has 0 fully saturated rings. The molecule has 0 spiro atoms. The zero-order valence-electron chi connectivity index (χ0n) is 9.96. The fourth-order valence-electron chi connectivity index (χ4n) is 1.37. The topological polar surface area (TPSA) is 33.1 Å². The molecule has 1 aromatic rings. The number of nitrogens with one attached hydrogen (secondary N) is 1. The third-order valence-electron chi connectivity index (χ3n) is 2.33. The average molecular weight is 250 g/mol. The summed E-state index contributed by atoms with van der Waals surface area (Å²) < 4.78 is 37.4. The Labute approximate surface area is 98.4 Å². The molecule has 0 atom stereocenters. The minimum absolute atomic E-state index is 0.306. The van der Waals surface area contributed by atoms with E-state index in [1.165, 1.54) is 0 Å². The molecule has 0 amide bonds. The molecule has 0 saturated heterocycles. The van der Waals surface area contributed by atoms with Crippen molar-refractivity contribution in [3.05, 3.63) is 18.2 Å². The number of rotatable bonds is 6. The van der Waals surface area contributed by atoms with Crippen LogP contribution in [0.2, 0.25) is 0 Å². The molecule has 17 heavy (non-hydrogen) atoms. The van der Waals surface area contributed by atoms with Crippen LogP contribution in [0.25, 0.3) is 0 Å². The molecular weight excluding hydrogens is 233 g/mol. The summed E-state index contributed by atoms with van der Waals surface area (Å²) in [6.45, 7) is 0.532. The largest absolute Gasteiger partial charge is 0.401 e. The number of halogens is 3. The summed E-state index contributed by atoms with van der Waals surface area (Å²) in [6.07, 6.45) is -0.603. The molecule has 0 bridgehead atoms. The fourth-order valence-corrected chi connectivity index (χ4v) is 1.37. The molecule has 1 rings (SSSR count). The van der Waals surface area contributed by atoms with E-state index in [0.29, 0.717) is 19.6 Å². The van der Waals surface area contributed by atoms with Crippen LogP contribution in [0, 0.1) is 0 Å². The van der Waals surface area contributed by atoms with Crippen molar-refractivity contribution in [2.24, 2.45) is 7.05 Å². The molecule has 0 unspecified atom stereocenters. The molecule has 0 saturated carbocycles. The maximum absolute atomic E-state index is 11.8. The van der Waals surface area contributed by atoms with Crippen molar-refractivity contribution in [3.8, 4) is 0 Å². The average Bonchev–Trinajstić information content (AvgIpc) is 2.58. The Hall–Kier alpha value is -1.08. The van der Waals surface area contributed by atoms with Crippen LogP contribution in [0.5, 0.6) is 0 Å². The third kappa shape index (κ3) is 5.69. The highest BCUT2D eigenvalue weighted by Gasteiger charge is 2.25. The zero-order valence-corrected chi connectivity index (χ0v) is 9.96. The second kappa shape index (κ2) is 6.02. The van der Waals surface area contributed by atoms with Gasteiger partial charge in [-0.25, -0.2) is 4.98 Å². The van der Waals surface area contributed by atoms with Crippen LogP contribution >= 0.6 is 0 Å². The lowest BCUT2D eigenvalue weighted by molar-refractivity contribution is -0.124. The molecule has 98 valence electrons. The maximum Gasteiger partial charge on any atom is 0.401 e. The molecule has 0 radical (unpaired) electrons. The molecule has 0 aliphatic carbocycles. The maximum atomic E-state index is 11.8. The standard InChI is InChI=1S/C10H17F3N4/c1-16(5-3-14-8-10(11,12)13)7-9-15-4-6-17(9)2/h4,6,14H,3,5,7-8H2,1-2H3. The van der Waals surface area contributed by atoms with E-state index in [9.17, 15) is 13.2 Å². The number of aryl methyl sites for hydroxylation is 1. The monoisotopic (exact) mass is 250 g/mol. The summed E-state index contributed by atoms with van der Waals surface area (Å²) >= 11 is 0. The summed E-state index contributed by atoms with van der Waals surface area (Å²) in [5.41, 5.74) is 0. The van der Waals surface area contributed by atoms with Gasteiger partial charge in [-0.15, -0.1) is 0 Å². The van der Waals surface area contributed by atoms with E-state index in [-0.39, 0.29) is 0 Å². The Morgan fingerprint density at radius 2 is 2.18 bits per heavy atom. The minimum Gasteiger partial charge on any atom is -0.337 e. The van der Waals surface area contributed by atoms with E-state index < -0.39 is 12.7 Å². The van der Waals surface area contributed by atoms with Crippen LogP contribution in [0.4, 0.5) is 13.2 Å². The van der Waals surface area contributed by atoms with Gasteiger partial charge < -0.3 is 9.88 Å². The van der Waals surface area contributed by atoms with Gasteiger partial charge in [-0.2, -0.15) is 13.2 Å². The normalized spacial score (nSPS) is 12.4. The fraction of sp³-hybridized carbons (Fsp3) is 0.700. The highest BCUT2D eigenvalue weighted by Crippen LogP contribution is 2.11. The second-order valence-corrected chi connectivity index (χ2v) is 3.98. The van der Waals surface area contributed by atoms with E-state index in [4.69, 9.17) is 0 Å². The van der Waals surface area contributed by atoms with Gasteiger partial charge in [-0.3, -0.25) is 4.90 Å². The van der Waals surface area contributed by atoms with E-state index in [0.717, 1.165) is 5.82 Å². The predicted octanol–water partition coefficient (Wildman–Crippen LogP) is 1.00. The lowest BCUT2D eigenvalue weighted by atomic mass is 10.4. The van der Waals surface area contributed by atoms with Gasteiger partial charge in [0.15, 0.2) is 0 Å². The SMILES string of the molecule is CN(CCNCC(F)(F)F)Cc1nccn1C. The highest BCUT2D eigenvalue weighted by atomic mass is 19.4. The van der Waals surface area contributed by atoms with Crippen molar-refractivity contribution >= 4 is 0 Å². The Kier molecular flexibility index (Phi) is 4.95. The van der Waals surface area contributed by atoms with Gasteiger partial charge in [-0.1, -0.05) is 0 Å². The molecular formula is C10H17F3N4. The van der Waals surface area contributed by atoms with Gasteiger partial charge in [0.1, 0.15) is 5.82 Å². The number of aromatic nitrogens is 2. The first kappa shape index (κ1) is 14.0. The van der Waals surface area contributed by atoms with Crippen molar-refractivity contribution in [2.45, 2.75) is 12.7 Å². The van der Waals surface area contributed by atoms with E-state index in [1.54, 1.807) is 6.20 Å². The first-order valence-corrected chi connectivity index (χ1v) is 5.30. The van der Waals surface area contributed by atoms with E-state index in [1.807, 2.05) is 29.8 Å². The van der Waals surface area contributed by atoms with Gasteiger partial charge >= 0.3 is 6.18 Å². The van der Waals surface area contributed by atoms with Crippen LogP contribution in [0.15, 0.2) is 12.4 Å². The number of imidazole rings is 1. The molecule has 0 aliphatic rings. The van der Waals surface area contributed by atoms with E-state index in [2.05, 4.69) is 10.3 Å². The molecule has 7 heteroatoms. The molecule has 1 heterocycles. The summed E-state index contributed by atoms with van der Waals surface area (Å²) in [5, 5.41) is 2.36. The van der Waals surface area contributed by atoms with Crippen molar-refractivity contribution in [3.63, 3.8) is 0 Å². The number of alkyl halides is 3. The van der Waals surface area contributed by atoms with Gasteiger partial charge in [0.25, 0.3) is 0 Å². The summed E-state index contributed by atoms with van der Waals surface area (Å²) in [4.78, 5) is 6.07. The van der Waals surface area contributed by atoms with Crippen molar-refractivity contribution < 1.29 is 13.2 Å². The Morgan fingerprint density at radius 1 is 1.47 bits per heavy atom. The van der Waals surface area contributed by atoms with Gasteiger partial charge in [-0.05, 0) is 7.05 Å². The van der Waals surface area contributed by atoms with Crippen molar-refractivity contribution in [1.29, 1.82) is 0 Å². The summed E-state index contributed by atoms with van der Waals surface area (Å²) in [6, 6.07) is 0. The van der Waals surface area contributed by atoms with Crippen LogP contribution in [-0.4, -0.2) is 47.3 Å².